The Morgan fingerprint density at radius 3 is 2.61 bits per heavy atom. The van der Waals surface area contributed by atoms with E-state index in [4.69, 9.17) is 4.74 Å². The first-order valence-electron chi connectivity index (χ1n) is 10.5. The average molecular weight is 386 g/mol. The Morgan fingerprint density at radius 1 is 1.11 bits per heavy atom. The highest BCUT2D eigenvalue weighted by molar-refractivity contribution is 5.33. The summed E-state index contributed by atoms with van der Waals surface area (Å²) in [5.74, 6) is 0.994. The van der Waals surface area contributed by atoms with Crippen molar-refractivity contribution < 1.29 is 4.74 Å². The summed E-state index contributed by atoms with van der Waals surface area (Å²) in [6, 6.07) is 10.7. The Morgan fingerprint density at radius 2 is 1.89 bits per heavy atom. The summed E-state index contributed by atoms with van der Waals surface area (Å²) < 4.78 is 8.08. The van der Waals surface area contributed by atoms with Crippen molar-refractivity contribution in [1.82, 2.24) is 24.9 Å². The van der Waals surface area contributed by atoms with Crippen molar-refractivity contribution in [1.29, 1.82) is 0 Å². The smallest absolute Gasteiger partial charge is 0.123 e. The third-order valence-electron chi connectivity index (χ3n) is 5.61. The number of nitrogens with one attached hydrogen (secondary N) is 1. The monoisotopic (exact) mass is 385 g/mol. The lowest BCUT2D eigenvalue weighted by molar-refractivity contribution is 0.145. The molecule has 0 amide bonds. The molecular formula is C22H35N5O. The third-order valence-corrected chi connectivity index (χ3v) is 5.61. The maximum atomic E-state index is 6.14. The fraction of sp³-hybridized carbons (Fsp3) is 0.591. The zero-order valence-electron chi connectivity index (χ0n) is 17.6. The van der Waals surface area contributed by atoms with Crippen LogP contribution < -0.4 is 10.1 Å². The Hall–Kier alpha value is -1.89. The number of piperazine rings is 1. The van der Waals surface area contributed by atoms with Crippen LogP contribution in [0.4, 0.5) is 0 Å². The van der Waals surface area contributed by atoms with Gasteiger partial charge in [-0.15, -0.1) is 0 Å². The summed E-state index contributed by atoms with van der Waals surface area (Å²) in [6.07, 6.45) is 3.95. The summed E-state index contributed by atoms with van der Waals surface area (Å²) in [4.78, 5) is 4.93. The Labute approximate surface area is 169 Å². The molecule has 0 aliphatic carbocycles. The molecule has 28 heavy (non-hydrogen) atoms. The number of aryl methyl sites for hydroxylation is 1. The lowest BCUT2D eigenvalue weighted by Gasteiger charge is -2.32. The number of nitrogens with zero attached hydrogens (tertiary/aromatic N) is 4. The number of para-hydroxylation sites is 1. The quantitative estimate of drug-likeness (QED) is 0.637. The average Bonchev–Trinajstić information content (AvgIpc) is 3.14. The molecule has 1 aromatic heterocycles. The minimum Gasteiger partial charge on any atom is -0.493 e. The van der Waals surface area contributed by atoms with Crippen molar-refractivity contribution in [3.63, 3.8) is 0 Å². The fourth-order valence-electron chi connectivity index (χ4n) is 3.75. The van der Waals surface area contributed by atoms with Crippen LogP contribution in [0.2, 0.25) is 0 Å². The van der Waals surface area contributed by atoms with Gasteiger partial charge in [-0.1, -0.05) is 25.1 Å². The van der Waals surface area contributed by atoms with Crippen molar-refractivity contribution >= 4 is 0 Å². The highest BCUT2D eigenvalue weighted by Crippen LogP contribution is 2.21. The van der Waals surface area contributed by atoms with Gasteiger partial charge in [0.15, 0.2) is 0 Å². The van der Waals surface area contributed by atoms with E-state index in [0.717, 1.165) is 38.3 Å². The van der Waals surface area contributed by atoms with Crippen LogP contribution in [0.5, 0.6) is 5.75 Å². The highest BCUT2D eigenvalue weighted by atomic mass is 16.5. The van der Waals surface area contributed by atoms with Crippen LogP contribution in [0.25, 0.3) is 0 Å². The van der Waals surface area contributed by atoms with E-state index in [1.807, 2.05) is 17.9 Å². The molecule has 1 fully saturated rings. The molecule has 1 aliphatic rings. The predicted molar refractivity (Wildman–Crippen MR) is 114 cm³/mol. The van der Waals surface area contributed by atoms with Gasteiger partial charge in [-0.05, 0) is 32.0 Å². The van der Waals surface area contributed by atoms with Gasteiger partial charge in [0.1, 0.15) is 5.75 Å². The van der Waals surface area contributed by atoms with Crippen molar-refractivity contribution in [3.8, 4) is 5.75 Å². The van der Waals surface area contributed by atoms with Crippen molar-refractivity contribution in [2.45, 2.75) is 32.4 Å². The summed E-state index contributed by atoms with van der Waals surface area (Å²) in [5.41, 5.74) is 2.43. The van der Waals surface area contributed by atoms with Gasteiger partial charge in [0.2, 0.25) is 0 Å². The molecule has 1 saturated heterocycles. The van der Waals surface area contributed by atoms with Gasteiger partial charge in [0.25, 0.3) is 0 Å². The van der Waals surface area contributed by atoms with E-state index in [-0.39, 0.29) is 6.04 Å². The standard InChI is InChI=1S/C22H35N5O/c1-4-20(21-10-11-24-26(21)3)23-18-19-8-5-6-9-22(19)28-17-7-12-27-15-13-25(2)14-16-27/h5-6,8-11,20,23H,4,7,12-18H2,1-3H3/t20-/m0/s1. The largest absolute Gasteiger partial charge is 0.493 e. The van der Waals surface area contributed by atoms with Crippen LogP contribution >= 0.6 is 0 Å². The molecule has 1 atom stereocenters. The maximum Gasteiger partial charge on any atom is 0.123 e. The number of ether oxygens (including phenoxy) is 1. The zero-order chi connectivity index (χ0) is 19.8. The second-order valence-electron chi connectivity index (χ2n) is 7.68. The van der Waals surface area contributed by atoms with Crippen molar-refractivity contribution in [3.05, 3.63) is 47.8 Å². The van der Waals surface area contributed by atoms with Crippen LogP contribution in [0.3, 0.4) is 0 Å². The second kappa shape index (κ2) is 10.6. The molecule has 1 aromatic carbocycles. The van der Waals surface area contributed by atoms with Gasteiger partial charge >= 0.3 is 0 Å². The molecule has 0 radical (unpaired) electrons. The van der Waals surface area contributed by atoms with Gasteiger partial charge in [-0.3, -0.25) is 4.68 Å². The minimum absolute atomic E-state index is 0.290. The maximum absolute atomic E-state index is 6.14. The minimum atomic E-state index is 0.290. The van der Waals surface area contributed by atoms with E-state index in [1.54, 1.807) is 0 Å². The van der Waals surface area contributed by atoms with Crippen molar-refractivity contribution in [2.75, 3.05) is 46.4 Å². The molecule has 6 heteroatoms. The van der Waals surface area contributed by atoms with E-state index < -0.39 is 0 Å². The van der Waals surface area contributed by atoms with Crippen LogP contribution in [0.1, 0.15) is 37.1 Å². The molecule has 154 valence electrons. The van der Waals surface area contributed by atoms with Crippen LogP contribution in [-0.4, -0.2) is 66.0 Å². The number of likely N-dealkylation sites (N-methyl/N-ethyl adjacent to an activating group) is 1. The first-order valence-corrected chi connectivity index (χ1v) is 10.5. The number of rotatable bonds is 10. The van der Waals surface area contributed by atoms with Gasteiger partial charge in [-0.2, -0.15) is 5.10 Å². The van der Waals surface area contributed by atoms with Gasteiger partial charge in [-0.25, -0.2) is 0 Å². The number of hydrogen-bond acceptors (Lipinski definition) is 5. The third kappa shape index (κ3) is 5.80. The summed E-state index contributed by atoms with van der Waals surface area (Å²) in [7, 11) is 4.19. The van der Waals surface area contributed by atoms with Gasteiger partial charge < -0.3 is 19.9 Å². The van der Waals surface area contributed by atoms with E-state index >= 15 is 0 Å². The van der Waals surface area contributed by atoms with E-state index in [1.165, 1.54) is 37.4 Å². The molecule has 0 bridgehead atoms. The lowest BCUT2D eigenvalue weighted by Crippen LogP contribution is -2.44. The molecule has 6 nitrogen and oxygen atoms in total. The fourth-order valence-corrected chi connectivity index (χ4v) is 3.75. The summed E-state index contributed by atoms with van der Waals surface area (Å²) >= 11 is 0. The zero-order valence-corrected chi connectivity index (χ0v) is 17.6. The molecule has 1 N–H and O–H groups in total. The lowest BCUT2D eigenvalue weighted by atomic mass is 10.1. The number of hydrogen-bond donors (Lipinski definition) is 1. The van der Waals surface area contributed by atoms with Crippen LogP contribution in [0, 0.1) is 0 Å². The summed E-state index contributed by atoms with van der Waals surface area (Å²) in [5, 5.41) is 7.96. The molecule has 0 saturated carbocycles. The van der Waals surface area contributed by atoms with Gasteiger partial charge in [0, 0.05) is 64.1 Å². The normalized spacial score (nSPS) is 17.0. The van der Waals surface area contributed by atoms with Gasteiger partial charge in [0.05, 0.1) is 12.3 Å². The molecule has 0 spiro atoms. The topological polar surface area (TPSA) is 45.6 Å². The molecule has 3 rings (SSSR count). The highest BCUT2D eigenvalue weighted by Gasteiger charge is 2.14. The van der Waals surface area contributed by atoms with Crippen molar-refractivity contribution in [2.24, 2.45) is 7.05 Å². The van der Waals surface area contributed by atoms with Crippen LogP contribution in [-0.2, 0) is 13.6 Å². The molecule has 0 unspecified atom stereocenters. The Balaban J connectivity index is 1.47. The van der Waals surface area contributed by atoms with Crippen LogP contribution in [0.15, 0.2) is 36.5 Å². The molecule has 2 aromatic rings. The van der Waals surface area contributed by atoms with E-state index in [2.05, 4.69) is 64.5 Å². The van der Waals surface area contributed by atoms with E-state index in [0.29, 0.717) is 0 Å². The molecular weight excluding hydrogens is 350 g/mol. The first kappa shape index (κ1) is 20.8. The number of aromatic nitrogens is 2. The Kier molecular flexibility index (Phi) is 7.89. The SMILES string of the molecule is CC[C@H](NCc1ccccc1OCCCN1CCN(C)CC1)c1ccnn1C. The molecule has 1 aliphatic heterocycles. The first-order chi connectivity index (χ1) is 13.7. The number of benzene rings is 1. The Bertz CT molecular complexity index is 708. The second-order valence-corrected chi connectivity index (χ2v) is 7.68. The molecule has 2 heterocycles. The predicted octanol–water partition coefficient (Wildman–Crippen LogP) is 2.68. The summed E-state index contributed by atoms with van der Waals surface area (Å²) in [6.45, 7) is 9.56. The van der Waals surface area contributed by atoms with E-state index in [9.17, 15) is 0 Å².